The van der Waals surface area contributed by atoms with Gasteiger partial charge in [-0.2, -0.15) is 5.11 Å². The molecule has 0 saturated heterocycles. The van der Waals surface area contributed by atoms with Gasteiger partial charge < -0.3 is 10.8 Å². The van der Waals surface area contributed by atoms with Crippen molar-refractivity contribution in [1.29, 1.82) is 0 Å². The molecule has 3 rings (SSSR count). The molecule has 0 aliphatic carbocycles. The Hall–Kier alpha value is -2.88. The van der Waals surface area contributed by atoms with Gasteiger partial charge in [0, 0.05) is 11.1 Å². The molecule has 4 nitrogen and oxygen atoms in total. The first-order valence-electron chi connectivity index (χ1n) is 6.13. The van der Waals surface area contributed by atoms with Crippen molar-refractivity contribution in [3.8, 4) is 5.75 Å². The van der Waals surface area contributed by atoms with Crippen LogP contribution in [0.5, 0.6) is 5.75 Å². The van der Waals surface area contributed by atoms with Gasteiger partial charge in [0.2, 0.25) is 0 Å². The molecule has 0 fully saturated rings. The summed E-state index contributed by atoms with van der Waals surface area (Å²) in [6.45, 7) is 0. The van der Waals surface area contributed by atoms with Gasteiger partial charge in [-0.05, 0) is 47.9 Å². The summed E-state index contributed by atoms with van der Waals surface area (Å²) in [7, 11) is 0. The molecule has 4 heteroatoms. The van der Waals surface area contributed by atoms with E-state index in [9.17, 15) is 5.11 Å². The number of fused-ring (bicyclic) bond motifs is 1. The molecule has 0 bridgehead atoms. The lowest BCUT2D eigenvalue weighted by Gasteiger charge is -2.03. The standard InChI is InChI=1S/C16H12N3O/c17-12-6-8-13(9-7-12)18-19-16-14-4-2-1-3-11(14)5-10-15(16)20/h1,3-10,20H,17H2/b19-18+. The number of phenols is 1. The van der Waals surface area contributed by atoms with Crippen molar-refractivity contribution < 1.29 is 5.11 Å². The van der Waals surface area contributed by atoms with Crippen LogP contribution < -0.4 is 5.73 Å². The van der Waals surface area contributed by atoms with Crippen LogP contribution in [0.3, 0.4) is 0 Å². The van der Waals surface area contributed by atoms with Crippen LogP contribution in [0.15, 0.2) is 64.8 Å². The van der Waals surface area contributed by atoms with E-state index in [1.807, 2.05) is 18.2 Å². The van der Waals surface area contributed by atoms with Gasteiger partial charge in [-0.3, -0.25) is 0 Å². The molecule has 0 unspecified atom stereocenters. The first-order chi connectivity index (χ1) is 9.74. The van der Waals surface area contributed by atoms with Gasteiger partial charge in [0.25, 0.3) is 0 Å². The minimum Gasteiger partial charge on any atom is -0.506 e. The molecule has 0 aliphatic heterocycles. The number of nitrogens with zero attached hydrogens (tertiary/aromatic N) is 2. The Bertz CT molecular complexity index is 779. The van der Waals surface area contributed by atoms with Gasteiger partial charge in [0.05, 0.1) is 5.69 Å². The average molecular weight is 262 g/mol. The van der Waals surface area contributed by atoms with E-state index in [2.05, 4.69) is 16.3 Å². The molecule has 0 heterocycles. The molecule has 0 atom stereocenters. The Balaban J connectivity index is 2.06. The molecule has 0 aromatic heterocycles. The Morgan fingerprint density at radius 3 is 2.55 bits per heavy atom. The SMILES string of the molecule is Nc1ccc(/N=N/c2c(O)ccc3cc[c]cc23)cc1. The lowest BCUT2D eigenvalue weighted by Crippen LogP contribution is -1.80. The number of hydrogen-bond acceptors (Lipinski definition) is 4. The fourth-order valence-electron chi connectivity index (χ4n) is 1.93. The predicted octanol–water partition coefficient (Wildman–Crippen LogP) is 4.34. The lowest BCUT2D eigenvalue weighted by atomic mass is 10.1. The quantitative estimate of drug-likeness (QED) is 0.532. The largest absolute Gasteiger partial charge is 0.506 e. The zero-order valence-electron chi connectivity index (χ0n) is 10.6. The molecule has 97 valence electrons. The smallest absolute Gasteiger partial charge is 0.143 e. The minimum absolute atomic E-state index is 0.0938. The van der Waals surface area contributed by atoms with Crippen LogP contribution in [0.4, 0.5) is 17.1 Å². The number of hydrogen-bond donors (Lipinski definition) is 2. The summed E-state index contributed by atoms with van der Waals surface area (Å²) in [6.07, 6.45) is 0. The zero-order valence-corrected chi connectivity index (χ0v) is 10.6. The van der Waals surface area contributed by atoms with Gasteiger partial charge in [-0.15, -0.1) is 5.11 Å². The van der Waals surface area contributed by atoms with E-state index in [-0.39, 0.29) is 5.75 Å². The van der Waals surface area contributed by atoms with E-state index < -0.39 is 0 Å². The van der Waals surface area contributed by atoms with E-state index in [1.165, 1.54) is 0 Å². The van der Waals surface area contributed by atoms with Crippen molar-refractivity contribution in [3.63, 3.8) is 0 Å². The fraction of sp³-hybridized carbons (Fsp3) is 0. The van der Waals surface area contributed by atoms with E-state index in [0.29, 0.717) is 17.1 Å². The summed E-state index contributed by atoms with van der Waals surface area (Å²) in [5.41, 5.74) is 7.41. The third kappa shape index (κ3) is 2.31. The molecular weight excluding hydrogens is 250 g/mol. The summed E-state index contributed by atoms with van der Waals surface area (Å²) < 4.78 is 0. The maximum atomic E-state index is 9.94. The van der Waals surface area contributed by atoms with Gasteiger partial charge in [-0.25, -0.2) is 0 Å². The summed E-state index contributed by atoms with van der Waals surface area (Å²) in [5.74, 6) is 0.0938. The number of nitrogens with two attached hydrogens (primary N) is 1. The topological polar surface area (TPSA) is 71.0 Å². The van der Waals surface area contributed by atoms with Crippen LogP contribution in [-0.2, 0) is 0 Å². The Morgan fingerprint density at radius 2 is 1.75 bits per heavy atom. The zero-order chi connectivity index (χ0) is 13.9. The van der Waals surface area contributed by atoms with Crippen LogP contribution in [0.2, 0.25) is 0 Å². The summed E-state index contributed by atoms with van der Waals surface area (Å²) >= 11 is 0. The highest BCUT2D eigenvalue weighted by Crippen LogP contribution is 2.35. The molecule has 1 radical (unpaired) electrons. The number of anilines is 1. The van der Waals surface area contributed by atoms with Crippen LogP contribution in [0.25, 0.3) is 10.8 Å². The maximum absolute atomic E-state index is 9.94. The number of benzene rings is 3. The van der Waals surface area contributed by atoms with Crippen molar-refractivity contribution in [1.82, 2.24) is 0 Å². The average Bonchev–Trinajstić information content (AvgIpc) is 2.48. The van der Waals surface area contributed by atoms with Crippen LogP contribution >= 0.6 is 0 Å². The highest BCUT2D eigenvalue weighted by Gasteiger charge is 2.05. The summed E-state index contributed by atoms with van der Waals surface area (Å²) in [4.78, 5) is 0. The monoisotopic (exact) mass is 262 g/mol. The van der Waals surface area contributed by atoms with E-state index in [0.717, 1.165) is 10.8 Å². The van der Waals surface area contributed by atoms with Crippen molar-refractivity contribution in [2.45, 2.75) is 0 Å². The summed E-state index contributed by atoms with van der Waals surface area (Å²) in [6, 6.07) is 19.0. The second-order valence-corrected chi connectivity index (χ2v) is 4.37. The Kier molecular flexibility index (Phi) is 3.05. The van der Waals surface area contributed by atoms with Gasteiger partial charge in [-0.1, -0.05) is 18.2 Å². The third-order valence-corrected chi connectivity index (χ3v) is 2.97. The van der Waals surface area contributed by atoms with Gasteiger partial charge in [0.1, 0.15) is 11.4 Å². The van der Waals surface area contributed by atoms with Crippen molar-refractivity contribution in [2.24, 2.45) is 10.2 Å². The molecule has 3 aromatic rings. The molecule has 3 aromatic carbocycles. The molecule has 0 aliphatic rings. The van der Waals surface area contributed by atoms with Crippen LogP contribution in [-0.4, -0.2) is 5.11 Å². The fourth-order valence-corrected chi connectivity index (χ4v) is 1.93. The highest BCUT2D eigenvalue weighted by molar-refractivity contribution is 5.95. The van der Waals surface area contributed by atoms with Crippen molar-refractivity contribution in [3.05, 3.63) is 60.7 Å². The summed E-state index contributed by atoms with van der Waals surface area (Å²) in [5, 5.41) is 20.0. The highest BCUT2D eigenvalue weighted by atomic mass is 16.3. The molecule has 0 saturated carbocycles. The molecule has 0 spiro atoms. The predicted molar refractivity (Wildman–Crippen MR) is 79.5 cm³/mol. The normalized spacial score (nSPS) is 11.2. The minimum atomic E-state index is 0.0938. The lowest BCUT2D eigenvalue weighted by molar-refractivity contribution is 0.477. The number of phenolic OH excluding ortho intramolecular Hbond substituents is 1. The number of rotatable bonds is 2. The molecule has 0 amide bonds. The maximum Gasteiger partial charge on any atom is 0.143 e. The number of nitrogen functional groups attached to an aromatic ring is 1. The van der Waals surface area contributed by atoms with Gasteiger partial charge in [0.15, 0.2) is 0 Å². The number of aromatic hydroxyl groups is 1. The van der Waals surface area contributed by atoms with E-state index >= 15 is 0 Å². The van der Waals surface area contributed by atoms with Crippen LogP contribution in [0.1, 0.15) is 0 Å². The Labute approximate surface area is 116 Å². The first-order valence-corrected chi connectivity index (χ1v) is 6.13. The second kappa shape index (κ2) is 5.01. The second-order valence-electron chi connectivity index (χ2n) is 4.37. The van der Waals surface area contributed by atoms with E-state index in [4.69, 9.17) is 5.73 Å². The number of azo groups is 1. The van der Waals surface area contributed by atoms with Crippen LogP contribution in [0, 0.1) is 6.07 Å². The third-order valence-electron chi connectivity index (χ3n) is 2.97. The first kappa shape index (κ1) is 12.2. The van der Waals surface area contributed by atoms with Gasteiger partial charge >= 0.3 is 0 Å². The molecule has 3 N–H and O–H groups in total. The Morgan fingerprint density at radius 1 is 0.950 bits per heavy atom. The molecular formula is C16H12N3O. The van der Waals surface area contributed by atoms with Crippen molar-refractivity contribution >= 4 is 27.8 Å². The van der Waals surface area contributed by atoms with Crippen molar-refractivity contribution in [2.75, 3.05) is 5.73 Å². The molecule has 20 heavy (non-hydrogen) atoms. The van der Waals surface area contributed by atoms with E-state index in [1.54, 1.807) is 36.4 Å².